The third-order valence-electron chi connectivity index (χ3n) is 5.50. The van der Waals surface area contributed by atoms with Crippen molar-refractivity contribution in [2.75, 3.05) is 11.4 Å². The molecule has 0 spiro atoms. The van der Waals surface area contributed by atoms with Gasteiger partial charge in [-0.1, -0.05) is 19.1 Å². The Kier molecular flexibility index (Phi) is 5.98. The molecule has 0 radical (unpaired) electrons. The van der Waals surface area contributed by atoms with E-state index in [-0.39, 0.29) is 17.5 Å². The summed E-state index contributed by atoms with van der Waals surface area (Å²) in [4.78, 5) is 37.0. The highest BCUT2D eigenvalue weighted by atomic mass is 16.6. The number of benzene rings is 2. The molecule has 0 aliphatic carbocycles. The predicted octanol–water partition coefficient (Wildman–Crippen LogP) is 3.40. The first kappa shape index (κ1) is 21.2. The van der Waals surface area contributed by atoms with E-state index in [0.717, 1.165) is 24.2 Å². The van der Waals surface area contributed by atoms with E-state index in [9.17, 15) is 19.7 Å². The number of nitrogens with zero attached hydrogens (tertiary/aromatic N) is 4. The molecule has 2 amide bonds. The first-order valence-corrected chi connectivity index (χ1v) is 10.5. The van der Waals surface area contributed by atoms with Crippen LogP contribution in [0.25, 0.3) is 5.69 Å². The van der Waals surface area contributed by atoms with Crippen molar-refractivity contribution in [3.8, 4) is 5.69 Å². The Balaban J connectivity index is 1.48. The Labute approximate surface area is 184 Å². The summed E-state index contributed by atoms with van der Waals surface area (Å²) in [5.74, 6) is -0.130. The van der Waals surface area contributed by atoms with Gasteiger partial charge in [0.15, 0.2) is 0 Å². The van der Waals surface area contributed by atoms with Crippen LogP contribution in [0.2, 0.25) is 0 Å². The predicted molar refractivity (Wildman–Crippen MR) is 119 cm³/mol. The van der Waals surface area contributed by atoms with Crippen molar-refractivity contribution >= 4 is 23.2 Å². The molecule has 9 nitrogen and oxygen atoms in total. The first-order chi connectivity index (χ1) is 15.5. The molecule has 1 aromatic heterocycles. The Hall–Kier alpha value is -4.01. The van der Waals surface area contributed by atoms with E-state index in [1.54, 1.807) is 21.7 Å². The maximum absolute atomic E-state index is 12.9. The number of nitro benzene ring substituents is 1. The Morgan fingerprint density at radius 1 is 1.19 bits per heavy atom. The second-order valence-corrected chi connectivity index (χ2v) is 7.55. The molecule has 9 heteroatoms. The minimum Gasteiger partial charge on any atom is -0.348 e. The summed E-state index contributed by atoms with van der Waals surface area (Å²) < 4.78 is 1.62. The summed E-state index contributed by atoms with van der Waals surface area (Å²) in [6.45, 7) is 2.96. The van der Waals surface area contributed by atoms with Crippen LogP contribution in [0.4, 0.5) is 11.4 Å². The van der Waals surface area contributed by atoms with Gasteiger partial charge in [-0.25, -0.2) is 4.68 Å². The van der Waals surface area contributed by atoms with Crippen molar-refractivity contribution in [3.05, 3.63) is 81.7 Å². The van der Waals surface area contributed by atoms with Crippen molar-refractivity contribution in [2.24, 2.45) is 0 Å². The van der Waals surface area contributed by atoms with Gasteiger partial charge < -0.3 is 10.2 Å². The molecule has 1 saturated heterocycles. The van der Waals surface area contributed by atoms with E-state index in [1.807, 2.05) is 31.2 Å². The van der Waals surface area contributed by atoms with E-state index in [1.165, 1.54) is 18.3 Å². The number of carbonyl (C=O) groups is 2. The van der Waals surface area contributed by atoms with Gasteiger partial charge in [0.25, 0.3) is 11.6 Å². The van der Waals surface area contributed by atoms with Gasteiger partial charge in [0.2, 0.25) is 5.91 Å². The number of nitro groups is 1. The summed E-state index contributed by atoms with van der Waals surface area (Å²) in [5.41, 5.74) is 3.56. The van der Waals surface area contributed by atoms with Crippen LogP contribution in [0.15, 0.2) is 54.7 Å². The maximum atomic E-state index is 12.9. The molecule has 2 heterocycles. The molecular weight excluding hydrogens is 410 g/mol. The average Bonchev–Trinajstić information content (AvgIpc) is 3.43. The van der Waals surface area contributed by atoms with Crippen molar-refractivity contribution in [1.82, 2.24) is 15.1 Å². The molecule has 0 unspecified atom stereocenters. The van der Waals surface area contributed by atoms with Crippen LogP contribution < -0.4 is 10.2 Å². The molecule has 1 aliphatic heterocycles. The largest absolute Gasteiger partial charge is 0.348 e. The molecular formula is C23H23N5O4. The van der Waals surface area contributed by atoms with Crippen LogP contribution in [-0.4, -0.2) is 33.1 Å². The highest BCUT2D eigenvalue weighted by molar-refractivity contribution is 5.96. The SMILES string of the molecule is CCc1c(C(=O)NCc2cccc(N3CCCC3=O)c2)cnn1-c1ccc([N+](=O)[O-])cc1. The van der Waals surface area contributed by atoms with Crippen molar-refractivity contribution < 1.29 is 14.5 Å². The quantitative estimate of drug-likeness (QED) is 0.454. The lowest BCUT2D eigenvalue weighted by Gasteiger charge is -2.16. The van der Waals surface area contributed by atoms with Gasteiger partial charge in [0.1, 0.15) is 0 Å². The van der Waals surface area contributed by atoms with Crippen LogP contribution in [-0.2, 0) is 17.8 Å². The van der Waals surface area contributed by atoms with Crippen LogP contribution in [0, 0.1) is 10.1 Å². The third kappa shape index (κ3) is 4.22. The minimum atomic E-state index is -0.457. The van der Waals surface area contributed by atoms with E-state index in [2.05, 4.69) is 10.4 Å². The number of nitrogens with one attached hydrogen (secondary N) is 1. The Morgan fingerprint density at radius 3 is 2.62 bits per heavy atom. The summed E-state index contributed by atoms with van der Waals surface area (Å²) >= 11 is 0. The van der Waals surface area contributed by atoms with Crippen LogP contribution in [0.5, 0.6) is 0 Å². The summed E-state index contributed by atoms with van der Waals surface area (Å²) in [6, 6.07) is 13.7. The van der Waals surface area contributed by atoms with Gasteiger partial charge in [-0.3, -0.25) is 19.7 Å². The van der Waals surface area contributed by atoms with Gasteiger partial charge in [0.05, 0.1) is 28.1 Å². The number of anilines is 1. The summed E-state index contributed by atoms with van der Waals surface area (Å²) in [6.07, 6.45) is 3.50. The number of carbonyl (C=O) groups excluding carboxylic acids is 2. The monoisotopic (exact) mass is 433 g/mol. The zero-order valence-electron chi connectivity index (χ0n) is 17.7. The topological polar surface area (TPSA) is 110 Å². The summed E-state index contributed by atoms with van der Waals surface area (Å²) in [7, 11) is 0. The standard InChI is InChI=1S/C23H23N5O4/c1-2-21-20(15-25-27(21)17-8-10-18(11-9-17)28(31)32)23(30)24-14-16-5-3-6-19(13-16)26-12-4-7-22(26)29/h3,5-6,8-11,13,15H,2,4,7,12,14H2,1H3,(H,24,30). The number of hydrogen-bond acceptors (Lipinski definition) is 5. The molecule has 0 bridgehead atoms. The fourth-order valence-corrected chi connectivity index (χ4v) is 3.87. The fraction of sp³-hybridized carbons (Fsp3) is 0.261. The minimum absolute atomic E-state index is 0.00483. The zero-order chi connectivity index (χ0) is 22.7. The van der Waals surface area contributed by atoms with Crippen LogP contribution in [0.1, 0.15) is 41.4 Å². The second kappa shape index (κ2) is 9.01. The lowest BCUT2D eigenvalue weighted by Crippen LogP contribution is -2.25. The smallest absolute Gasteiger partial charge is 0.269 e. The number of aromatic nitrogens is 2. The average molecular weight is 433 g/mol. The van der Waals surface area contributed by atoms with Crippen molar-refractivity contribution in [1.29, 1.82) is 0 Å². The first-order valence-electron chi connectivity index (χ1n) is 10.5. The molecule has 164 valence electrons. The van der Waals surface area contributed by atoms with Crippen LogP contribution in [0.3, 0.4) is 0 Å². The maximum Gasteiger partial charge on any atom is 0.269 e. The zero-order valence-corrected chi connectivity index (χ0v) is 17.7. The molecule has 0 saturated carbocycles. The number of non-ortho nitro benzene ring substituents is 1. The van der Waals surface area contributed by atoms with Crippen LogP contribution >= 0.6 is 0 Å². The van der Waals surface area contributed by atoms with Gasteiger partial charge in [-0.15, -0.1) is 0 Å². The highest BCUT2D eigenvalue weighted by Gasteiger charge is 2.22. The molecule has 3 aromatic rings. The van der Waals surface area contributed by atoms with E-state index >= 15 is 0 Å². The van der Waals surface area contributed by atoms with Crippen molar-refractivity contribution in [3.63, 3.8) is 0 Å². The normalized spacial score (nSPS) is 13.4. The third-order valence-corrected chi connectivity index (χ3v) is 5.50. The van der Waals surface area contributed by atoms with E-state index in [4.69, 9.17) is 0 Å². The Bertz CT molecular complexity index is 1170. The van der Waals surface area contributed by atoms with E-state index in [0.29, 0.717) is 36.3 Å². The molecule has 0 atom stereocenters. The molecule has 32 heavy (non-hydrogen) atoms. The Morgan fingerprint density at radius 2 is 1.97 bits per heavy atom. The number of amides is 2. The lowest BCUT2D eigenvalue weighted by atomic mass is 10.1. The fourth-order valence-electron chi connectivity index (χ4n) is 3.87. The van der Waals surface area contributed by atoms with Gasteiger partial charge >= 0.3 is 0 Å². The number of hydrogen-bond donors (Lipinski definition) is 1. The molecule has 2 aromatic carbocycles. The molecule has 1 fully saturated rings. The number of rotatable bonds is 7. The summed E-state index contributed by atoms with van der Waals surface area (Å²) in [5, 5.41) is 18.1. The van der Waals surface area contributed by atoms with Gasteiger partial charge in [-0.05, 0) is 42.7 Å². The molecule has 1 N–H and O–H groups in total. The van der Waals surface area contributed by atoms with Gasteiger partial charge in [-0.2, -0.15) is 5.10 Å². The highest BCUT2D eigenvalue weighted by Crippen LogP contribution is 2.23. The second-order valence-electron chi connectivity index (χ2n) is 7.55. The lowest BCUT2D eigenvalue weighted by molar-refractivity contribution is -0.384. The van der Waals surface area contributed by atoms with E-state index < -0.39 is 4.92 Å². The molecule has 4 rings (SSSR count). The van der Waals surface area contributed by atoms with Gasteiger partial charge in [0, 0.05) is 37.3 Å². The molecule has 1 aliphatic rings. The van der Waals surface area contributed by atoms with Crippen molar-refractivity contribution in [2.45, 2.75) is 32.7 Å².